The maximum absolute atomic E-state index is 2.62. The fourth-order valence-corrected chi connectivity index (χ4v) is 6.52. The van der Waals surface area contributed by atoms with Crippen molar-refractivity contribution in [3.05, 3.63) is 107 Å². The third-order valence-electron chi connectivity index (χ3n) is 8.57. The minimum absolute atomic E-state index is 0.0229. The number of fused-ring (bicyclic) bond motifs is 3. The van der Waals surface area contributed by atoms with Gasteiger partial charge >= 0.3 is 0 Å². The van der Waals surface area contributed by atoms with Crippen molar-refractivity contribution in [2.75, 3.05) is 4.90 Å². The van der Waals surface area contributed by atoms with Gasteiger partial charge in [0.05, 0.1) is 0 Å². The van der Waals surface area contributed by atoms with Crippen LogP contribution in [-0.4, -0.2) is 5.54 Å². The summed E-state index contributed by atoms with van der Waals surface area (Å²) in [5, 5.41) is 0. The first-order chi connectivity index (χ1) is 18.5. The zero-order valence-corrected chi connectivity index (χ0v) is 26.5. The van der Waals surface area contributed by atoms with E-state index in [0.717, 1.165) is 0 Å². The average molecular weight is 530 g/mol. The highest BCUT2D eigenvalue weighted by molar-refractivity contribution is 5.87. The molecule has 0 radical (unpaired) electrons. The Morgan fingerprint density at radius 2 is 1.07 bits per heavy atom. The van der Waals surface area contributed by atoms with Crippen molar-refractivity contribution >= 4 is 11.4 Å². The molecule has 0 fully saturated rings. The largest absolute Gasteiger partial charge is 0.336 e. The highest BCUT2D eigenvalue weighted by Crippen LogP contribution is 2.53. The molecular weight excluding hydrogens is 482 g/mol. The molecular formula is C39H47N. The van der Waals surface area contributed by atoms with Gasteiger partial charge in [-0.3, -0.25) is 0 Å². The lowest BCUT2D eigenvalue weighted by molar-refractivity contribution is 0.531. The molecule has 0 heterocycles. The van der Waals surface area contributed by atoms with Crippen LogP contribution in [0.1, 0.15) is 98.4 Å². The van der Waals surface area contributed by atoms with Gasteiger partial charge in [0.2, 0.25) is 0 Å². The van der Waals surface area contributed by atoms with E-state index in [1.54, 1.807) is 0 Å². The van der Waals surface area contributed by atoms with Gasteiger partial charge in [0.25, 0.3) is 0 Å². The Kier molecular flexibility index (Phi) is 6.61. The van der Waals surface area contributed by atoms with Crippen LogP contribution in [-0.2, 0) is 16.2 Å². The number of hydrogen-bond donors (Lipinski definition) is 0. The van der Waals surface area contributed by atoms with Crippen molar-refractivity contribution in [1.29, 1.82) is 0 Å². The maximum atomic E-state index is 2.62. The van der Waals surface area contributed by atoms with Gasteiger partial charge in [0.15, 0.2) is 0 Å². The summed E-state index contributed by atoms with van der Waals surface area (Å²) in [5.41, 5.74) is 13.3. The fourth-order valence-electron chi connectivity index (χ4n) is 6.52. The van der Waals surface area contributed by atoms with Gasteiger partial charge in [-0.15, -0.1) is 0 Å². The summed E-state index contributed by atoms with van der Waals surface area (Å²) in [6, 6.07) is 31.9. The molecule has 4 aromatic carbocycles. The van der Waals surface area contributed by atoms with E-state index < -0.39 is 0 Å². The van der Waals surface area contributed by atoms with Crippen LogP contribution >= 0.6 is 0 Å². The van der Waals surface area contributed by atoms with E-state index in [-0.39, 0.29) is 21.8 Å². The van der Waals surface area contributed by atoms with Gasteiger partial charge in [-0.1, -0.05) is 122 Å². The molecule has 0 saturated heterocycles. The molecule has 1 nitrogen and oxygen atoms in total. The average Bonchev–Trinajstić information content (AvgIpc) is 3.09. The number of hydrogen-bond acceptors (Lipinski definition) is 1. The molecule has 1 aliphatic carbocycles. The smallest absolute Gasteiger partial charge is 0.0460 e. The minimum atomic E-state index is -0.143. The van der Waals surface area contributed by atoms with Crippen molar-refractivity contribution < 1.29 is 0 Å². The van der Waals surface area contributed by atoms with Crippen LogP contribution in [0, 0.1) is 0 Å². The molecule has 4 aromatic rings. The summed E-state index contributed by atoms with van der Waals surface area (Å²) in [7, 11) is 0. The molecule has 0 bridgehead atoms. The van der Waals surface area contributed by atoms with E-state index in [4.69, 9.17) is 0 Å². The summed E-state index contributed by atoms with van der Waals surface area (Å²) < 4.78 is 0. The second kappa shape index (κ2) is 9.37. The van der Waals surface area contributed by atoms with Gasteiger partial charge in [-0.25, -0.2) is 0 Å². The number of benzene rings is 4. The van der Waals surface area contributed by atoms with E-state index >= 15 is 0 Å². The molecule has 0 aromatic heterocycles. The Morgan fingerprint density at radius 1 is 0.500 bits per heavy atom. The monoisotopic (exact) mass is 529 g/mol. The van der Waals surface area contributed by atoms with E-state index in [2.05, 4.69) is 166 Å². The minimum Gasteiger partial charge on any atom is -0.336 e. The van der Waals surface area contributed by atoms with Crippen LogP contribution in [0.5, 0.6) is 0 Å². The van der Waals surface area contributed by atoms with E-state index in [9.17, 15) is 0 Å². The summed E-state index contributed by atoms with van der Waals surface area (Å²) in [6.45, 7) is 25.9. The highest BCUT2D eigenvalue weighted by atomic mass is 15.2. The normalized spacial score (nSPS) is 14.6. The highest BCUT2D eigenvalue weighted by Gasteiger charge is 2.39. The molecule has 0 aliphatic heterocycles. The molecule has 1 heteroatoms. The number of nitrogens with zero attached hydrogens (tertiary/aromatic N) is 1. The van der Waals surface area contributed by atoms with Crippen LogP contribution in [0.25, 0.3) is 22.3 Å². The molecule has 0 N–H and O–H groups in total. The van der Waals surface area contributed by atoms with Gasteiger partial charge in [-0.05, 0) is 94.3 Å². The standard InChI is InChI=1S/C39H47N/c1-36(2,3)32-23-27(26-17-13-12-14-18-26)21-22-34(32)40(38(7,8)9)35-24-29-28-19-15-16-20-30(28)39(10,11)31(29)25-33(35)37(4,5)6/h12-25H,1-11H3. The third-order valence-corrected chi connectivity index (χ3v) is 8.57. The first kappa shape index (κ1) is 28.2. The van der Waals surface area contributed by atoms with Crippen molar-refractivity contribution in [1.82, 2.24) is 0 Å². The molecule has 40 heavy (non-hydrogen) atoms. The second-order valence-corrected chi connectivity index (χ2v) is 15.2. The van der Waals surface area contributed by atoms with Crippen molar-refractivity contribution in [3.8, 4) is 22.3 Å². The van der Waals surface area contributed by atoms with Crippen LogP contribution in [0.2, 0.25) is 0 Å². The van der Waals surface area contributed by atoms with E-state index in [1.807, 2.05) is 0 Å². The van der Waals surface area contributed by atoms with Gasteiger partial charge < -0.3 is 4.90 Å². The Balaban J connectivity index is 1.83. The Morgan fingerprint density at radius 3 is 1.68 bits per heavy atom. The lowest BCUT2D eigenvalue weighted by atomic mass is 9.77. The molecule has 5 rings (SSSR count). The van der Waals surface area contributed by atoms with Crippen LogP contribution in [0.15, 0.2) is 84.9 Å². The van der Waals surface area contributed by atoms with E-state index in [1.165, 1.54) is 55.9 Å². The SMILES string of the molecule is CC(C)(C)c1cc(-c2ccccc2)ccc1N(c1cc2c(cc1C(C)(C)C)C(C)(C)c1ccccc1-2)C(C)(C)C. The molecule has 0 saturated carbocycles. The predicted molar refractivity (Wildman–Crippen MR) is 175 cm³/mol. The zero-order chi connectivity index (χ0) is 29.3. The van der Waals surface area contributed by atoms with E-state index in [0.29, 0.717) is 0 Å². The van der Waals surface area contributed by atoms with Crippen LogP contribution < -0.4 is 4.90 Å². The van der Waals surface area contributed by atoms with Gasteiger partial charge in [0.1, 0.15) is 0 Å². The Labute approximate surface area is 243 Å². The first-order valence-electron chi connectivity index (χ1n) is 14.8. The molecule has 1 aliphatic rings. The summed E-state index contributed by atoms with van der Waals surface area (Å²) in [5.74, 6) is 0. The molecule has 0 unspecified atom stereocenters. The lowest BCUT2D eigenvalue weighted by Gasteiger charge is -2.43. The molecule has 0 amide bonds. The zero-order valence-electron chi connectivity index (χ0n) is 26.5. The van der Waals surface area contributed by atoms with Gasteiger partial charge in [-0.2, -0.15) is 0 Å². The molecule has 208 valence electrons. The van der Waals surface area contributed by atoms with Gasteiger partial charge in [0, 0.05) is 22.3 Å². The second-order valence-electron chi connectivity index (χ2n) is 15.2. The lowest BCUT2D eigenvalue weighted by Crippen LogP contribution is -2.40. The predicted octanol–water partition coefficient (Wildman–Crippen LogP) is 11.2. The number of anilines is 2. The Bertz CT molecular complexity index is 1550. The van der Waals surface area contributed by atoms with Crippen molar-refractivity contribution in [2.45, 2.75) is 97.9 Å². The molecule has 0 atom stereocenters. The van der Waals surface area contributed by atoms with Crippen LogP contribution in [0.3, 0.4) is 0 Å². The van der Waals surface area contributed by atoms with Crippen molar-refractivity contribution in [3.63, 3.8) is 0 Å². The summed E-state index contributed by atoms with van der Waals surface area (Å²) in [6.07, 6.45) is 0. The molecule has 0 spiro atoms. The third kappa shape index (κ3) is 4.78. The topological polar surface area (TPSA) is 3.24 Å². The maximum Gasteiger partial charge on any atom is 0.0460 e. The first-order valence-corrected chi connectivity index (χ1v) is 14.8. The fraction of sp³-hybridized carbons (Fsp3) is 0.385. The number of rotatable bonds is 3. The summed E-state index contributed by atoms with van der Waals surface area (Å²) in [4.78, 5) is 2.62. The van der Waals surface area contributed by atoms with Crippen LogP contribution in [0.4, 0.5) is 11.4 Å². The summed E-state index contributed by atoms with van der Waals surface area (Å²) >= 11 is 0. The quantitative estimate of drug-likeness (QED) is 0.255. The Hall–Kier alpha value is -3.32. The van der Waals surface area contributed by atoms with Crippen molar-refractivity contribution in [2.24, 2.45) is 0 Å².